The first-order valence-electron chi connectivity index (χ1n) is 3.11. The fraction of sp³-hybridized carbons (Fsp3) is 0.571. The van der Waals surface area contributed by atoms with Gasteiger partial charge in [0, 0.05) is 19.7 Å². The molecular weight excluding hydrogens is 133 g/mol. The molecule has 0 radical (unpaired) electrons. The molecule has 0 aromatic heterocycles. The van der Waals surface area contributed by atoms with Crippen LogP contribution < -0.4 is 0 Å². The van der Waals surface area contributed by atoms with E-state index in [9.17, 15) is 4.39 Å². The minimum atomic E-state index is -0.494. The number of hydrogen-bond acceptors (Lipinski definition) is 2. The highest BCUT2D eigenvalue weighted by molar-refractivity contribution is 5.77. The number of halogens is 1. The van der Waals surface area contributed by atoms with Crippen LogP contribution >= 0.6 is 0 Å². The third-order valence-electron chi connectivity index (χ3n) is 1.60. The Kier molecular flexibility index (Phi) is 1.85. The first-order chi connectivity index (χ1) is 4.66. The van der Waals surface area contributed by atoms with Crippen LogP contribution in [-0.4, -0.2) is 18.7 Å². The first-order valence-corrected chi connectivity index (χ1v) is 3.11. The van der Waals surface area contributed by atoms with Gasteiger partial charge in [0.1, 0.15) is 0 Å². The lowest BCUT2D eigenvalue weighted by Crippen LogP contribution is -2.28. The molecule has 0 fully saturated rings. The lowest BCUT2D eigenvalue weighted by atomic mass is 10.0. The molecule has 1 unspecified atom stereocenters. The minimum Gasteiger partial charge on any atom is -0.374 e. The van der Waals surface area contributed by atoms with Crippen molar-refractivity contribution < 1.29 is 9.13 Å². The summed E-state index contributed by atoms with van der Waals surface area (Å²) >= 11 is 0. The summed E-state index contributed by atoms with van der Waals surface area (Å²) in [5.41, 5.74) is -0.494. The summed E-state index contributed by atoms with van der Waals surface area (Å²) in [6, 6.07) is 0. The van der Waals surface area contributed by atoms with Crippen molar-refractivity contribution in [3.8, 4) is 0 Å². The van der Waals surface area contributed by atoms with Gasteiger partial charge in [0.2, 0.25) is 0 Å². The number of ether oxygens (including phenoxy) is 1. The van der Waals surface area contributed by atoms with Gasteiger partial charge in [0.05, 0.1) is 5.60 Å². The molecule has 1 atom stereocenters. The number of nitrogens with zero attached hydrogens (tertiary/aromatic N) is 1. The van der Waals surface area contributed by atoms with Crippen molar-refractivity contribution in [3.05, 3.63) is 12.3 Å². The number of rotatable bonds is 1. The topological polar surface area (TPSA) is 21.6 Å². The predicted molar refractivity (Wildman–Crippen MR) is 37.7 cm³/mol. The normalized spacial score (nSPS) is 32.1. The molecule has 0 saturated carbocycles. The van der Waals surface area contributed by atoms with Crippen LogP contribution in [0.2, 0.25) is 0 Å². The maximum Gasteiger partial charge on any atom is 0.192 e. The maximum absolute atomic E-state index is 12.5. The molecule has 10 heavy (non-hydrogen) atoms. The molecule has 1 heterocycles. The van der Waals surface area contributed by atoms with Crippen LogP contribution in [0.3, 0.4) is 0 Å². The molecule has 0 aliphatic carbocycles. The van der Waals surface area contributed by atoms with Crippen molar-refractivity contribution in [3.63, 3.8) is 0 Å². The van der Waals surface area contributed by atoms with Gasteiger partial charge in [-0.05, 0) is 13.0 Å². The van der Waals surface area contributed by atoms with Gasteiger partial charge >= 0.3 is 0 Å². The summed E-state index contributed by atoms with van der Waals surface area (Å²) < 4.78 is 17.5. The molecule has 1 aliphatic heterocycles. The van der Waals surface area contributed by atoms with Crippen LogP contribution in [0.1, 0.15) is 13.3 Å². The van der Waals surface area contributed by atoms with E-state index in [0.29, 0.717) is 0 Å². The minimum absolute atomic E-state index is 0.236. The van der Waals surface area contributed by atoms with Crippen molar-refractivity contribution in [2.75, 3.05) is 7.11 Å². The fourth-order valence-corrected chi connectivity index (χ4v) is 0.810. The molecule has 3 heteroatoms. The third kappa shape index (κ3) is 1.42. The standard InChI is InChI=1S/C7H10FNO/c1-7(10-2)3-4-9-6(8)5-7/h3-4H,5H2,1-2H3. The number of aliphatic imine (C=N–C) groups is 1. The maximum atomic E-state index is 12.5. The SMILES string of the molecule is COC1(C)C=CN=C(F)C1. The van der Waals surface area contributed by atoms with E-state index in [1.165, 1.54) is 6.20 Å². The Morgan fingerprint density at radius 3 is 2.90 bits per heavy atom. The Labute approximate surface area is 59.4 Å². The Morgan fingerprint density at radius 2 is 2.50 bits per heavy atom. The van der Waals surface area contributed by atoms with Crippen LogP contribution in [-0.2, 0) is 4.74 Å². The van der Waals surface area contributed by atoms with Gasteiger partial charge in [-0.15, -0.1) is 0 Å². The summed E-state index contributed by atoms with van der Waals surface area (Å²) in [5.74, 6) is -0.369. The molecule has 0 bridgehead atoms. The van der Waals surface area contributed by atoms with Gasteiger partial charge in [-0.2, -0.15) is 4.39 Å². The van der Waals surface area contributed by atoms with E-state index < -0.39 is 5.60 Å². The Morgan fingerprint density at radius 1 is 1.80 bits per heavy atom. The van der Waals surface area contributed by atoms with Crippen molar-refractivity contribution in [1.29, 1.82) is 0 Å². The van der Waals surface area contributed by atoms with E-state index in [-0.39, 0.29) is 12.4 Å². The van der Waals surface area contributed by atoms with Gasteiger partial charge < -0.3 is 4.74 Å². The molecule has 2 nitrogen and oxygen atoms in total. The number of methoxy groups -OCH3 is 1. The van der Waals surface area contributed by atoms with Gasteiger partial charge in [0.15, 0.2) is 5.97 Å². The third-order valence-corrected chi connectivity index (χ3v) is 1.60. The zero-order valence-corrected chi connectivity index (χ0v) is 6.10. The highest BCUT2D eigenvalue weighted by atomic mass is 19.1. The van der Waals surface area contributed by atoms with E-state index in [0.717, 1.165) is 0 Å². The summed E-state index contributed by atoms with van der Waals surface area (Å²) in [4.78, 5) is 3.46. The highest BCUT2D eigenvalue weighted by Crippen LogP contribution is 2.20. The highest BCUT2D eigenvalue weighted by Gasteiger charge is 2.24. The molecule has 0 amide bonds. The quantitative estimate of drug-likeness (QED) is 0.547. The smallest absolute Gasteiger partial charge is 0.192 e. The Bertz CT molecular complexity index is 188. The van der Waals surface area contributed by atoms with Gasteiger partial charge in [0.25, 0.3) is 0 Å². The second-order valence-electron chi connectivity index (χ2n) is 2.51. The molecule has 56 valence electrons. The summed E-state index contributed by atoms with van der Waals surface area (Å²) in [7, 11) is 1.56. The summed E-state index contributed by atoms with van der Waals surface area (Å²) in [5, 5.41) is 0. The molecule has 0 spiro atoms. The van der Waals surface area contributed by atoms with Crippen LogP contribution in [0.4, 0.5) is 4.39 Å². The zero-order valence-electron chi connectivity index (χ0n) is 6.10. The van der Waals surface area contributed by atoms with Gasteiger partial charge in [-0.1, -0.05) is 0 Å². The molecule has 1 aliphatic rings. The van der Waals surface area contributed by atoms with Crippen molar-refractivity contribution in [2.24, 2.45) is 4.99 Å². The van der Waals surface area contributed by atoms with Gasteiger partial charge in [-0.3, -0.25) is 0 Å². The second kappa shape index (κ2) is 2.50. The van der Waals surface area contributed by atoms with E-state index >= 15 is 0 Å². The monoisotopic (exact) mass is 143 g/mol. The van der Waals surface area contributed by atoms with Crippen LogP contribution in [0.25, 0.3) is 0 Å². The Balaban J connectivity index is 2.71. The predicted octanol–water partition coefficient (Wildman–Crippen LogP) is 1.68. The molecular formula is C7H10FNO. The molecule has 0 aromatic rings. The lowest BCUT2D eigenvalue weighted by Gasteiger charge is -2.24. The second-order valence-corrected chi connectivity index (χ2v) is 2.51. The lowest BCUT2D eigenvalue weighted by molar-refractivity contribution is 0.0521. The van der Waals surface area contributed by atoms with E-state index in [2.05, 4.69) is 4.99 Å². The van der Waals surface area contributed by atoms with E-state index in [4.69, 9.17) is 4.74 Å². The molecule has 1 rings (SSSR count). The van der Waals surface area contributed by atoms with Crippen LogP contribution in [0.15, 0.2) is 17.3 Å². The average Bonchev–Trinajstić information content (AvgIpc) is 1.88. The molecule has 0 N–H and O–H groups in total. The largest absolute Gasteiger partial charge is 0.374 e. The molecule has 0 aromatic carbocycles. The average molecular weight is 143 g/mol. The molecule has 0 saturated heterocycles. The van der Waals surface area contributed by atoms with Gasteiger partial charge in [-0.25, -0.2) is 4.99 Å². The first kappa shape index (κ1) is 7.41. The van der Waals surface area contributed by atoms with Crippen LogP contribution in [0, 0.1) is 0 Å². The summed E-state index contributed by atoms with van der Waals surface area (Å²) in [6.45, 7) is 1.82. The van der Waals surface area contributed by atoms with E-state index in [1.807, 2.05) is 6.92 Å². The number of hydrogen-bond donors (Lipinski definition) is 0. The van der Waals surface area contributed by atoms with Crippen LogP contribution in [0.5, 0.6) is 0 Å². The van der Waals surface area contributed by atoms with E-state index in [1.54, 1.807) is 13.2 Å². The Hall–Kier alpha value is -0.700. The zero-order chi connectivity index (χ0) is 7.61. The summed E-state index contributed by atoms with van der Waals surface area (Å²) in [6.07, 6.45) is 3.42. The van der Waals surface area contributed by atoms with Crippen molar-refractivity contribution >= 4 is 5.97 Å². The van der Waals surface area contributed by atoms with Crippen molar-refractivity contribution in [1.82, 2.24) is 0 Å². The fourth-order valence-electron chi connectivity index (χ4n) is 0.810. The van der Waals surface area contributed by atoms with Crippen molar-refractivity contribution in [2.45, 2.75) is 18.9 Å².